The molecule has 1 amide bonds. The van der Waals surface area contributed by atoms with Gasteiger partial charge in [-0.1, -0.05) is 24.3 Å². The Morgan fingerprint density at radius 2 is 1.81 bits per heavy atom. The molecule has 0 spiro atoms. The average molecular weight is 510 g/mol. The normalized spacial score (nSPS) is 16.3. The van der Waals surface area contributed by atoms with Gasteiger partial charge in [0.15, 0.2) is 11.6 Å². The number of nitrogens with zero attached hydrogens (tertiary/aromatic N) is 2. The molecule has 2 fully saturated rings. The van der Waals surface area contributed by atoms with Crippen molar-refractivity contribution in [2.24, 2.45) is 0 Å². The van der Waals surface area contributed by atoms with Gasteiger partial charge in [0.1, 0.15) is 5.69 Å². The molecule has 1 saturated carbocycles. The van der Waals surface area contributed by atoms with Crippen LogP contribution in [0.4, 0.5) is 11.5 Å². The van der Waals surface area contributed by atoms with Gasteiger partial charge in [-0.3, -0.25) is 15.6 Å². The van der Waals surface area contributed by atoms with Crippen LogP contribution in [0, 0.1) is 0 Å². The molecule has 5 N–H and O–H groups in total. The molecule has 7 rings (SSSR count). The van der Waals surface area contributed by atoms with Gasteiger partial charge in [0.05, 0.1) is 10.2 Å². The van der Waals surface area contributed by atoms with E-state index in [0.717, 1.165) is 64.1 Å². The Labute approximate surface area is 217 Å². The highest BCUT2D eigenvalue weighted by Crippen LogP contribution is 2.32. The smallest absolute Gasteiger partial charge is 0.267 e. The number of fused-ring (bicyclic) bond motifs is 2. The van der Waals surface area contributed by atoms with Crippen molar-refractivity contribution < 1.29 is 4.79 Å². The number of hydrazine groups is 1. The summed E-state index contributed by atoms with van der Waals surface area (Å²) in [6.07, 6.45) is 3.32. The molecule has 0 atom stereocenters. The maximum absolute atomic E-state index is 12.6. The molecule has 8 nitrogen and oxygen atoms in total. The van der Waals surface area contributed by atoms with Gasteiger partial charge >= 0.3 is 0 Å². The van der Waals surface area contributed by atoms with E-state index in [1.165, 1.54) is 12.0 Å². The molecular weight excluding hydrogens is 482 g/mol. The van der Waals surface area contributed by atoms with E-state index in [1.807, 2.05) is 35.7 Å². The number of aromatic nitrogens is 3. The molecule has 1 aliphatic carbocycles. The summed E-state index contributed by atoms with van der Waals surface area (Å²) in [6.45, 7) is 1.88. The van der Waals surface area contributed by atoms with Crippen LogP contribution in [0.3, 0.4) is 0 Å². The maximum atomic E-state index is 12.6. The Bertz CT molecular complexity index is 1600. The lowest BCUT2D eigenvalue weighted by molar-refractivity contribution is 0.0912. The number of carbonyl (C=O) groups is 1. The van der Waals surface area contributed by atoms with Crippen LogP contribution in [0.5, 0.6) is 0 Å². The zero-order valence-electron chi connectivity index (χ0n) is 20.2. The molecule has 5 aromatic rings. The molecule has 37 heavy (non-hydrogen) atoms. The van der Waals surface area contributed by atoms with Gasteiger partial charge in [0, 0.05) is 47.2 Å². The third-order valence-corrected chi connectivity index (χ3v) is 8.25. The van der Waals surface area contributed by atoms with Crippen molar-refractivity contribution in [2.75, 3.05) is 18.4 Å². The zero-order chi connectivity index (χ0) is 24.8. The van der Waals surface area contributed by atoms with Crippen molar-refractivity contribution in [3.63, 3.8) is 0 Å². The van der Waals surface area contributed by atoms with Gasteiger partial charge in [-0.05, 0) is 60.5 Å². The van der Waals surface area contributed by atoms with E-state index in [4.69, 9.17) is 9.97 Å². The number of aromatic amines is 1. The predicted molar refractivity (Wildman–Crippen MR) is 148 cm³/mol. The number of nitrogens with one attached hydrogen (secondary N) is 5. The molecule has 2 aromatic carbocycles. The van der Waals surface area contributed by atoms with Crippen LogP contribution in [-0.4, -0.2) is 40.0 Å². The lowest BCUT2D eigenvalue weighted by Crippen LogP contribution is -2.39. The fourth-order valence-electron chi connectivity index (χ4n) is 4.96. The van der Waals surface area contributed by atoms with E-state index < -0.39 is 0 Å². The summed E-state index contributed by atoms with van der Waals surface area (Å²) in [5.41, 5.74) is 12.0. The number of rotatable bonds is 6. The molecule has 9 heteroatoms. The van der Waals surface area contributed by atoms with Crippen LogP contribution >= 0.6 is 11.3 Å². The first-order valence-electron chi connectivity index (χ1n) is 12.7. The third kappa shape index (κ3) is 4.35. The lowest BCUT2D eigenvalue weighted by atomic mass is 9.93. The number of amides is 1. The van der Waals surface area contributed by atoms with Crippen molar-refractivity contribution in [3.05, 3.63) is 71.2 Å². The van der Waals surface area contributed by atoms with Crippen LogP contribution in [0.2, 0.25) is 0 Å². The van der Waals surface area contributed by atoms with Crippen LogP contribution in [0.1, 0.15) is 41.2 Å². The van der Waals surface area contributed by atoms with E-state index in [1.54, 1.807) is 11.3 Å². The highest BCUT2D eigenvalue weighted by atomic mass is 32.1. The summed E-state index contributed by atoms with van der Waals surface area (Å²) in [7, 11) is 0. The fraction of sp³-hybridized carbons (Fsp3) is 0.250. The Morgan fingerprint density at radius 1 is 0.973 bits per heavy atom. The first-order chi connectivity index (χ1) is 18.2. The lowest BCUT2D eigenvalue weighted by Gasteiger charge is -2.25. The van der Waals surface area contributed by atoms with Crippen molar-refractivity contribution in [1.29, 1.82) is 0 Å². The van der Waals surface area contributed by atoms with Crippen molar-refractivity contribution in [3.8, 4) is 11.4 Å². The van der Waals surface area contributed by atoms with Crippen LogP contribution < -0.4 is 21.5 Å². The Hall–Kier alpha value is -3.79. The third-order valence-electron chi connectivity index (χ3n) is 7.34. The van der Waals surface area contributed by atoms with Crippen LogP contribution in [-0.2, 0) is 0 Å². The zero-order valence-corrected chi connectivity index (χ0v) is 21.0. The molecule has 2 aliphatic rings. The van der Waals surface area contributed by atoms with Crippen molar-refractivity contribution >= 4 is 49.9 Å². The highest BCUT2D eigenvalue weighted by molar-refractivity contribution is 7.17. The molecular formula is C28H27N7OS. The largest absolute Gasteiger partial charge is 0.351 e. The Kier molecular flexibility index (Phi) is 5.61. The van der Waals surface area contributed by atoms with Crippen LogP contribution in [0.25, 0.3) is 32.5 Å². The first kappa shape index (κ1) is 22.4. The monoisotopic (exact) mass is 509 g/mol. The van der Waals surface area contributed by atoms with E-state index in [2.05, 4.69) is 50.7 Å². The fourth-order valence-corrected chi connectivity index (χ4v) is 5.73. The van der Waals surface area contributed by atoms with Gasteiger partial charge in [-0.2, -0.15) is 0 Å². The second kappa shape index (κ2) is 9.26. The van der Waals surface area contributed by atoms with Gasteiger partial charge < -0.3 is 15.6 Å². The van der Waals surface area contributed by atoms with Crippen molar-refractivity contribution in [1.82, 2.24) is 31.1 Å². The quantitative estimate of drug-likeness (QED) is 0.219. The Balaban J connectivity index is 1.18. The van der Waals surface area contributed by atoms with Gasteiger partial charge in [-0.25, -0.2) is 9.97 Å². The summed E-state index contributed by atoms with van der Waals surface area (Å²) >= 11 is 1.63. The number of hydrogen-bond acceptors (Lipinski definition) is 7. The summed E-state index contributed by atoms with van der Waals surface area (Å²) in [4.78, 5) is 25.7. The molecule has 4 heterocycles. The summed E-state index contributed by atoms with van der Waals surface area (Å²) in [5, 5.41) is 9.64. The number of thiophene rings is 1. The standard InChI is InChI=1S/C28H27N7OS/c36-28(32-20-2-1-3-20)24-12-17-4-5-18(13-23(17)33-24)26-34-22-10-11-37-25(22)27(35-26)31-21-8-6-16(7-9-21)19-14-29-30-15-19/h4-13,19-20,29-30,33H,1-3,14-15H2,(H,32,36)(H,31,34,35). The summed E-state index contributed by atoms with van der Waals surface area (Å²) < 4.78 is 1.02. The number of anilines is 2. The number of H-pyrrole nitrogens is 1. The van der Waals surface area contributed by atoms with E-state index >= 15 is 0 Å². The molecule has 1 saturated heterocycles. The Morgan fingerprint density at radius 3 is 2.59 bits per heavy atom. The van der Waals surface area contributed by atoms with Gasteiger partial charge in [-0.15, -0.1) is 11.3 Å². The molecule has 0 unspecified atom stereocenters. The van der Waals surface area contributed by atoms with Crippen molar-refractivity contribution in [2.45, 2.75) is 31.2 Å². The molecule has 186 valence electrons. The number of carbonyl (C=O) groups excluding carboxylic acids is 1. The second-order valence-corrected chi connectivity index (χ2v) is 10.7. The van der Waals surface area contributed by atoms with Gasteiger partial charge in [0.25, 0.3) is 5.91 Å². The second-order valence-electron chi connectivity index (χ2n) is 9.82. The summed E-state index contributed by atoms with van der Waals surface area (Å²) in [5.74, 6) is 1.87. The number of benzene rings is 2. The maximum Gasteiger partial charge on any atom is 0.267 e. The SMILES string of the molecule is O=C(NC1CCC1)c1cc2ccc(-c3nc(Nc4ccc(C5CNNC5)cc4)c4sccc4n3)cc2[nH]1. The molecule has 3 aromatic heterocycles. The van der Waals surface area contributed by atoms with Crippen LogP contribution in [0.15, 0.2) is 60.0 Å². The topological polar surface area (TPSA) is 107 Å². The molecule has 0 radical (unpaired) electrons. The number of hydrogen-bond donors (Lipinski definition) is 5. The molecule has 1 aliphatic heterocycles. The minimum Gasteiger partial charge on any atom is -0.351 e. The van der Waals surface area contributed by atoms with E-state index in [9.17, 15) is 4.79 Å². The minimum atomic E-state index is -0.0450. The van der Waals surface area contributed by atoms with E-state index in [0.29, 0.717) is 23.5 Å². The molecule has 0 bridgehead atoms. The van der Waals surface area contributed by atoms with Gasteiger partial charge in [0.2, 0.25) is 0 Å². The minimum absolute atomic E-state index is 0.0450. The predicted octanol–water partition coefficient (Wildman–Crippen LogP) is 5.06. The highest BCUT2D eigenvalue weighted by Gasteiger charge is 2.21. The summed E-state index contributed by atoms with van der Waals surface area (Å²) in [6, 6.07) is 18.8. The van der Waals surface area contributed by atoms with E-state index in [-0.39, 0.29) is 5.91 Å². The first-order valence-corrected chi connectivity index (χ1v) is 13.6. The average Bonchev–Trinajstić information content (AvgIpc) is 3.66.